The molecule has 15 nitrogen and oxygen atoms in total. The average Bonchev–Trinajstić information content (AvgIpc) is 3.56. The van der Waals surface area contributed by atoms with Crippen molar-refractivity contribution in [2.75, 3.05) is 26.2 Å². The third-order valence-corrected chi connectivity index (χ3v) is 11.7. The largest absolute Gasteiger partial charge is 1.00 e. The number of esters is 2. The van der Waals surface area contributed by atoms with E-state index in [1.807, 2.05) is 37.3 Å². The summed E-state index contributed by atoms with van der Waals surface area (Å²) in [5.74, 6) is -5.09. The Labute approximate surface area is 410 Å². The molecule has 1 aromatic carbocycles. The third kappa shape index (κ3) is 22.3. The molecule has 3 aliphatic rings. The maximum Gasteiger partial charge on any atom is 1.00 e. The van der Waals surface area contributed by atoms with Crippen molar-refractivity contribution >= 4 is 55.6 Å². The van der Waals surface area contributed by atoms with E-state index in [4.69, 9.17) is 9.90 Å². The summed E-state index contributed by atoms with van der Waals surface area (Å²) in [7, 11) is -1.08. The van der Waals surface area contributed by atoms with E-state index in [-0.39, 0.29) is 78.4 Å². The number of unbranched alkanes of at least 4 members (excludes halogenated alkanes) is 6. The maximum absolute atomic E-state index is 14.6. The molecule has 2 fully saturated rings. The van der Waals surface area contributed by atoms with Crippen molar-refractivity contribution in [3.63, 3.8) is 0 Å². The van der Waals surface area contributed by atoms with E-state index < -0.39 is 55.7 Å². The number of carboxylic acids is 1. The first-order valence-corrected chi connectivity index (χ1v) is 22.6. The molecule has 2 saturated heterocycles. The summed E-state index contributed by atoms with van der Waals surface area (Å²) < 4.78 is 3.97. The van der Waals surface area contributed by atoms with Crippen LogP contribution in [0.3, 0.4) is 0 Å². The van der Waals surface area contributed by atoms with E-state index in [2.05, 4.69) is 46.4 Å². The van der Waals surface area contributed by atoms with Gasteiger partial charge in [0.1, 0.15) is 0 Å². The molecule has 0 saturated carbocycles. The number of nitrogens with zero attached hydrogens (tertiary/aromatic N) is 2. The number of imide groups is 2. The number of aliphatic carboxylic acids is 1. The van der Waals surface area contributed by atoms with Crippen LogP contribution in [-0.2, 0) is 38.3 Å². The minimum atomic E-state index is -1.08. The standard InChI is InChI=1S/C40H62B2N4O6.C4H6O3.C2H4O2.CH4.Na/c1-29(31-19-11-9-12-20-31)27-35-36(40(50)46(39(35)49)26-18-8-6-16-24-44-42(4)52)34(32-21-13-10-14-22-32)28-33-30(2)37(47)45(38(33)48)25-17-7-5-15-23-43-41(3)51;1-3(5)7-4(2)6;1-2(3)4;;/h9-14,19-21,29-30,32-36,43-44,51-52H,5-8,15-18,22-28H2,1-4H3;1-2H3;1H3,(H,3,4);1H4;/q;;;;+1/p-1. The number of hydrogen-bond acceptors (Lipinski definition) is 13. The Hall–Kier alpha value is -3.44. The van der Waals surface area contributed by atoms with E-state index in [0.717, 1.165) is 76.8 Å². The monoisotopic (exact) mass is 917 g/mol. The summed E-state index contributed by atoms with van der Waals surface area (Å²) in [5.41, 5.74) is 1.13. The predicted molar refractivity (Wildman–Crippen MR) is 248 cm³/mol. The number of hydrogen-bond donors (Lipinski definition) is 4. The summed E-state index contributed by atoms with van der Waals surface area (Å²) in [4.78, 5) is 87.9. The van der Waals surface area contributed by atoms with Gasteiger partial charge in [0.05, 0.1) is 17.8 Å². The van der Waals surface area contributed by atoms with Gasteiger partial charge >= 0.3 is 55.6 Å². The Morgan fingerprint density at radius 2 is 1.23 bits per heavy atom. The van der Waals surface area contributed by atoms with Gasteiger partial charge in [0.15, 0.2) is 0 Å². The number of carbonyl (C=O) groups excluding carboxylic acids is 7. The first-order valence-electron chi connectivity index (χ1n) is 22.6. The second-order valence-electron chi connectivity index (χ2n) is 17.0. The molecule has 0 radical (unpaired) electrons. The zero-order valence-corrected chi connectivity index (χ0v) is 41.5. The van der Waals surface area contributed by atoms with Crippen molar-refractivity contribution in [2.24, 2.45) is 35.5 Å². The maximum atomic E-state index is 14.6. The second kappa shape index (κ2) is 33.1. The number of rotatable bonds is 23. The van der Waals surface area contributed by atoms with Gasteiger partial charge in [-0.25, -0.2) is 0 Å². The molecule has 356 valence electrons. The number of benzene rings is 1. The molecule has 4 amide bonds. The second-order valence-corrected chi connectivity index (χ2v) is 17.0. The van der Waals surface area contributed by atoms with Crippen LogP contribution in [0.4, 0.5) is 0 Å². The van der Waals surface area contributed by atoms with Crippen LogP contribution in [0.5, 0.6) is 0 Å². The quantitative estimate of drug-likeness (QED) is 0.0403. The zero-order valence-electron chi connectivity index (χ0n) is 39.5. The average molecular weight is 917 g/mol. The van der Waals surface area contributed by atoms with Crippen LogP contribution in [0.15, 0.2) is 54.6 Å². The van der Waals surface area contributed by atoms with Gasteiger partial charge in [-0.05, 0) is 102 Å². The van der Waals surface area contributed by atoms with E-state index in [9.17, 15) is 38.8 Å². The van der Waals surface area contributed by atoms with Crippen molar-refractivity contribution in [2.45, 2.75) is 132 Å². The Balaban J connectivity index is 0.00000281. The number of amides is 4. The molecule has 1 aromatic rings. The smallest absolute Gasteiger partial charge is 0.550 e. The van der Waals surface area contributed by atoms with E-state index in [0.29, 0.717) is 32.5 Å². The fraction of sp³-hybridized carbons (Fsp3) is 0.638. The summed E-state index contributed by atoms with van der Waals surface area (Å²) in [5, 5.41) is 33.8. The Morgan fingerprint density at radius 1 is 0.754 bits per heavy atom. The van der Waals surface area contributed by atoms with Crippen molar-refractivity contribution in [3.8, 4) is 0 Å². The fourth-order valence-electron chi connectivity index (χ4n) is 8.65. The topological polar surface area (TPSA) is 223 Å². The Kier molecular flexibility index (Phi) is 31.4. The molecule has 0 bridgehead atoms. The number of nitrogens with one attached hydrogen (secondary N) is 2. The summed E-state index contributed by atoms with van der Waals surface area (Å²) in [6, 6.07) is 10.1. The van der Waals surface area contributed by atoms with Crippen molar-refractivity contribution in [3.05, 3.63) is 60.2 Å². The Morgan fingerprint density at radius 3 is 1.68 bits per heavy atom. The molecule has 2 aliphatic heterocycles. The summed E-state index contributed by atoms with van der Waals surface area (Å²) in [6.45, 7) is 12.9. The number of carbonyl (C=O) groups is 7. The van der Waals surface area contributed by atoms with Gasteiger partial charge in [-0.2, -0.15) is 0 Å². The van der Waals surface area contributed by atoms with Crippen molar-refractivity contribution < 1.29 is 83.0 Å². The predicted octanol–water partition coefficient (Wildman–Crippen LogP) is 1.55. The first-order chi connectivity index (χ1) is 29.9. The normalized spacial score (nSPS) is 20.7. The minimum absolute atomic E-state index is 0. The SMILES string of the molecule is C.CB(O)NCCCCCCN1C(=O)C(C)C(CC(C2C=CC=CC2)C2C(=O)N(CCCCCCNB(C)O)C(=O)C2CC(C)c2ccccc2)C1=O.CC(=O)OC(C)=O.CC(=O)[O-].[Na+]. The Bertz CT molecular complexity index is 1680. The van der Waals surface area contributed by atoms with E-state index >= 15 is 0 Å². The molecule has 7 atom stereocenters. The van der Waals surface area contributed by atoms with Gasteiger partial charge in [0.25, 0.3) is 0 Å². The molecule has 65 heavy (non-hydrogen) atoms. The van der Waals surface area contributed by atoms with Crippen LogP contribution >= 0.6 is 0 Å². The van der Waals surface area contributed by atoms with Crippen LogP contribution in [-0.4, -0.2) is 102 Å². The van der Waals surface area contributed by atoms with E-state index in [1.54, 1.807) is 13.6 Å². The number of allylic oxidation sites excluding steroid dienone is 4. The van der Waals surface area contributed by atoms with Crippen molar-refractivity contribution in [1.82, 2.24) is 20.3 Å². The first kappa shape index (κ1) is 61.6. The molecule has 0 spiro atoms. The van der Waals surface area contributed by atoms with Crippen LogP contribution in [0.2, 0.25) is 13.6 Å². The molecule has 7 unspecified atom stereocenters. The van der Waals surface area contributed by atoms with Gasteiger partial charge in [-0.15, -0.1) is 0 Å². The number of carboxylic acid groups (broad SMARTS) is 1. The number of ether oxygens (including phenoxy) is 1. The van der Waals surface area contributed by atoms with Gasteiger partial charge < -0.3 is 35.1 Å². The summed E-state index contributed by atoms with van der Waals surface area (Å²) in [6.07, 6.45) is 16.8. The third-order valence-electron chi connectivity index (χ3n) is 11.7. The minimum Gasteiger partial charge on any atom is -0.550 e. The molecular formula is C47H75B2N4NaO11. The molecular weight excluding hydrogens is 841 g/mol. The molecule has 1 aliphatic carbocycles. The van der Waals surface area contributed by atoms with Crippen LogP contribution < -0.4 is 45.1 Å². The fourth-order valence-corrected chi connectivity index (χ4v) is 8.65. The molecule has 18 heteroatoms. The summed E-state index contributed by atoms with van der Waals surface area (Å²) >= 11 is 0. The van der Waals surface area contributed by atoms with Gasteiger partial charge in [0.2, 0.25) is 23.6 Å². The van der Waals surface area contributed by atoms with Crippen LogP contribution in [0, 0.1) is 35.5 Å². The van der Waals surface area contributed by atoms with Crippen molar-refractivity contribution in [1.29, 1.82) is 0 Å². The van der Waals surface area contributed by atoms with Crippen LogP contribution in [0.1, 0.15) is 124 Å². The zero-order chi connectivity index (χ0) is 47.1. The van der Waals surface area contributed by atoms with Gasteiger partial charge in [-0.1, -0.05) is 102 Å². The molecule has 0 aromatic heterocycles. The number of likely N-dealkylation sites (tertiary alicyclic amines) is 2. The van der Waals surface area contributed by atoms with Gasteiger partial charge in [-0.3, -0.25) is 38.6 Å². The molecule has 4 N–H and O–H groups in total. The molecule has 4 rings (SSSR count). The van der Waals surface area contributed by atoms with Crippen LogP contribution in [0.25, 0.3) is 0 Å². The van der Waals surface area contributed by atoms with Gasteiger partial charge in [0, 0.05) is 38.8 Å². The molecule has 2 heterocycles. The van der Waals surface area contributed by atoms with E-state index in [1.165, 1.54) is 23.6 Å².